The largest absolute Gasteiger partial charge is 0.504 e. The summed E-state index contributed by atoms with van der Waals surface area (Å²) in [6.07, 6.45) is 5.63. The summed E-state index contributed by atoms with van der Waals surface area (Å²) in [6.45, 7) is 2.57. The molecule has 25 heavy (non-hydrogen) atoms. The first kappa shape index (κ1) is 16.6. The van der Waals surface area contributed by atoms with Crippen LogP contribution in [0, 0.1) is 0 Å². The Morgan fingerprint density at radius 3 is 2.88 bits per heavy atom. The van der Waals surface area contributed by atoms with Crippen LogP contribution in [-0.2, 0) is 0 Å². The summed E-state index contributed by atoms with van der Waals surface area (Å²) in [5.74, 6) is -0.634. The zero-order valence-electron chi connectivity index (χ0n) is 13.5. The fraction of sp³-hybridized carbons (Fsp3) is 0.111. The third-order valence-electron chi connectivity index (χ3n) is 3.44. The van der Waals surface area contributed by atoms with Gasteiger partial charge in [-0.15, -0.1) is 0 Å². The highest BCUT2D eigenvalue weighted by Gasteiger charge is 2.16. The SMILES string of the molecule is C/C(Nc1cc(O)c(C=C2C=Nc3ncccc32)o1)=C(F)\C=C(/C)F. The third-order valence-corrected chi connectivity index (χ3v) is 3.44. The topological polar surface area (TPSA) is 70.7 Å². The van der Waals surface area contributed by atoms with Gasteiger partial charge in [-0.3, -0.25) is 0 Å². The minimum atomic E-state index is -0.765. The molecule has 0 unspecified atom stereocenters. The third kappa shape index (κ3) is 3.65. The lowest BCUT2D eigenvalue weighted by Gasteiger charge is -2.02. The molecule has 0 radical (unpaired) electrons. The van der Waals surface area contributed by atoms with E-state index in [0.29, 0.717) is 5.82 Å². The molecule has 1 aliphatic heterocycles. The second-order valence-electron chi connectivity index (χ2n) is 5.42. The highest BCUT2D eigenvalue weighted by Crippen LogP contribution is 2.34. The number of nitrogens with one attached hydrogen (secondary N) is 1. The molecule has 0 atom stereocenters. The van der Waals surface area contributed by atoms with Crippen LogP contribution in [0.1, 0.15) is 25.2 Å². The minimum absolute atomic E-state index is 0.0573. The molecule has 0 saturated heterocycles. The van der Waals surface area contributed by atoms with E-state index in [1.807, 2.05) is 6.07 Å². The van der Waals surface area contributed by atoms with Crippen LogP contribution in [0.3, 0.4) is 0 Å². The number of aromatic hydroxyl groups is 1. The fourth-order valence-electron chi connectivity index (χ4n) is 2.27. The van der Waals surface area contributed by atoms with E-state index in [9.17, 15) is 13.9 Å². The molecule has 0 bridgehead atoms. The molecule has 2 N–H and O–H groups in total. The normalized spacial score (nSPS) is 16.2. The van der Waals surface area contributed by atoms with E-state index in [1.54, 1.807) is 24.6 Å². The number of aliphatic imine (C=N–C) groups is 1. The minimum Gasteiger partial charge on any atom is -0.504 e. The second-order valence-corrected chi connectivity index (χ2v) is 5.42. The summed E-state index contributed by atoms with van der Waals surface area (Å²) in [6, 6.07) is 4.95. The lowest BCUT2D eigenvalue weighted by atomic mass is 10.1. The average Bonchev–Trinajstić information content (AvgIpc) is 3.11. The smallest absolute Gasteiger partial charge is 0.201 e. The molecule has 5 nitrogen and oxygen atoms in total. The van der Waals surface area contributed by atoms with Gasteiger partial charge in [0.05, 0.1) is 11.5 Å². The second kappa shape index (κ2) is 6.72. The highest BCUT2D eigenvalue weighted by atomic mass is 19.1. The predicted octanol–water partition coefficient (Wildman–Crippen LogP) is 5.12. The van der Waals surface area contributed by atoms with E-state index in [2.05, 4.69) is 15.3 Å². The van der Waals surface area contributed by atoms with E-state index in [4.69, 9.17) is 4.42 Å². The van der Waals surface area contributed by atoms with Gasteiger partial charge in [0.25, 0.3) is 0 Å². The molecule has 2 aromatic rings. The van der Waals surface area contributed by atoms with Crippen LogP contribution in [0.4, 0.5) is 20.5 Å². The molecule has 0 aliphatic carbocycles. The number of anilines is 1. The summed E-state index contributed by atoms with van der Waals surface area (Å²) in [4.78, 5) is 8.30. The molecule has 3 rings (SSSR count). The Morgan fingerprint density at radius 2 is 2.12 bits per heavy atom. The molecular formula is C18H15F2N3O2. The van der Waals surface area contributed by atoms with E-state index < -0.39 is 11.7 Å². The molecule has 128 valence electrons. The number of fused-ring (bicyclic) bond motifs is 1. The maximum atomic E-state index is 13.7. The Balaban J connectivity index is 1.86. The van der Waals surface area contributed by atoms with Crippen LogP contribution < -0.4 is 5.32 Å². The van der Waals surface area contributed by atoms with Crippen molar-refractivity contribution < 1.29 is 18.3 Å². The molecule has 0 spiro atoms. The Hall–Kier alpha value is -3.22. The number of aromatic nitrogens is 1. The van der Waals surface area contributed by atoms with Crippen LogP contribution in [0.5, 0.6) is 5.75 Å². The van der Waals surface area contributed by atoms with Crippen LogP contribution in [0.15, 0.2) is 57.2 Å². The van der Waals surface area contributed by atoms with Gasteiger partial charge in [-0.05, 0) is 32.1 Å². The van der Waals surface area contributed by atoms with Crippen molar-refractivity contribution in [3.8, 4) is 5.75 Å². The Morgan fingerprint density at radius 1 is 1.32 bits per heavy atom. The summed E-state index contributed by atoms with van der Waals surface area (Å²) in [7, 11) is 0. The van der Waals surface area contributed by atoms with Crippen molar-refractivity contribution in [2.45, 2.75) is 13.8 Å². The van der Waals surface area contributed by atoms with Gasteiger partial charge in [-0.2, -0.15) is 0 Å². The first-order valence-corrected chi connectivity index (χ1v) is 7.45. The monoisotopic (exact) mass is 343 g/mol. The van der Waals surface area contributed by atoms with Crippen molar-refractivity contribution in [3.05, 3.63) is 59.1 Å². The van der Waals surface area contributed by atoms with E-state index in [-0.39, 0.29) is 23.1 Å². The molecule has 0 aromatic carbocycles. The van der Waals surface area contributed by atoms with Crippen molar-refractivity contribution in [1.82, 2.24) is 4.98 Å². The number of hydrogen-bond acceptors (Lipinski definition) is 5. The molecule has 0 amide bonds. The van der Waals surface area contributed by atoms with Crippen LogP contribution in [0.2, 0.25) is 0 Å². The number of nitrogens with zero attached hydrogens (tertiary/aromatic N) is 2. The van der Waals surface area contributed by atoms with Gasteiger partial charge in [0, 0.05) is 35.7 Å². The average molecular weight is 343 g/mol. The maximum absolute atomic E-state index is 13.7. The summed E-state index contributed by atoms with van der Waals surface area (Å²) in [5, 5.41) is 12.7. The van der Waals surface area contributed by atoms with Crippen LogP contribution in [-0.4, -0.2) is 16.3 Å². The maximum Gasteiger partial charge on any atom is 0.201 e. The fourth-order valence-corrected chi connectivity index (χ4v) is 2.27. The molecule has 3 heterocycles. The van der Waals surface area contributed by atoms with Gasteiger partial charge in [0.2, 0.25) is 5.88 Å². The number of allylic oxidation sites excluding steroid dienone is 5. The standard InChI is InChI=1S/C18H15F2N3O2/c1-10(19)6-14(20)11(2)23-17-8-15(24)16(25-17)7-12-9-22-18-13(12)4-3-5-21-18/h3-9,23-24H,1-2H3/b10-6+,12-7?,14-11-. The number of halogens is 2. The summed E-state index contributed by atoms with van der Waals surface area (Å²) in [5.41, 5.74) is 1.61. The van der Waals surface area contributed by atoms with Gasteiger partial charge in [0.1, 0.15) is 5.83 Å². The van der Waals surface area contributed by atoms with Gasteiger partial charge in [-0.1, -0.05) is 0 Å². The number of rotatable bonds is 4. The highest BCUT2D eigenvalue weighted by molar-refractivity contribution is 6.20. The molecule has 0 fully saturated rings. The van der Waals surface area contributed by atoms with E-state index in [1.165, 1.54) is 13.0 Å². The first-order chi connectivity index (χ1) is 11.9. The van der Waals surface area contributed by atoms with Crippen molar-refractivity contribution >= 4 is 29.6 Å². The zero-order valence-corrected chi connectivity index (χ0v) is 13.5. The number of hydrogen-bond donors (Lipinski definition) is 2. The Kier molecular flexibility index (Phi) is 4.47. The lowest BCUT2D eigenvalue weighted by Crippen LogP contribution is -1.95. The van der Waals surface area contributed by atoms with Crippen LogP contribution in [0.25, 0.3) is 11.6 Å². The molecule has 7 heteroatoms. The summed E-state index contributed by atoms with van der Waals surface area (Å²) >= 11 is 0. The van der Waals surface area contributed by atoms with Crippen molar-refractivity contribution in [1.29, 1.82) is 0 Å². The number of pyridine rings is 1. The van der Waals surface area contributed by atoms with Crippen LogP contribution >= 0.6 is 0 Å². The lowest BCUT2D eigenvalue weighted by molar-refractivity contribution is 0.455. The van der Waals surface area contributed by atoms with Gasteiger partial charge < -0.3 is 14.8 Å². The number of furan rings is 1. The van der Waals surface area contributed by atoms with E-state index in [0.717, 1.165) is 24.1 Å². The van der Waals surface area contributed by atoms with Crippen molar-refractivity contribution in [3.63, 3.8) is 0 Å². The Labute approximate surface area is 142 Å². The quantitative estimate of drug-likeness (QED) is 0.756. The van der Waals surface area contributed by atoms with Crippen molar-refractivity contribution in [2.75, 3.05) is 5.32 Å². The molecule has 0 saturated carbocycles. The molecule has 2 aromatic heterocycles. The first-order valence-electron chi connectivity index (χ1n) is 7.45. The Bertz CT molecular complexity index is 936. The van der Waals surface area contributed by atoms with E-state index >= 15 is 0 Å². The van der Waals surface area contributed by atoms with Gasteiger partial charge >= 0.3 is 0 Å². The van der Waals surface area contributed by atoms with Crippen molar-refractivity contribution in [2.24, 2.45) is 4.99 Å². The van der Waals surface area contributed by atoms with Gasteiger partial charge in [0.15, 0.2) is 17.3 Å². The predicted molar refractivity (Wildman–Crippen MR) is 92.9 cm³/mol. The van der Waals surface area contributed by atoms with Gasteiger partial charge in [-0.25, -0.2) is 18.8 Å². The zero-order chi connectivity index (χ0) is 18.0. The molecule has 1 aliphatic rings. The summed E-state index contributed by atoms with van der Waals surface area (Å²) < 4.78 is 31.9. The molecular weight excluding hydrogens is 328 g/mol.